The lowest BCUT2D eigenvalue weighted by Crippen LogP contribution is -2.52. The van der Waals surface area contributed by atoms with Crippen LogP contribution in [0.3, 0.4) is 0 Å². The van der Waals surface area contributed by atoms with Crippen LogP contribution in [0.1, 0.15) is 46.0 Å². The fourth-order valence-corrected chi connectivity index (χ4v) is 7.78. The van der Waals surface area contributed by atoms with Gasteiger partial charge < -0.3 is 15.2 Å². The molecule has 4 aromatic rings. The van der Waals surface area contributed by atoms with Gasteiger partial charge in [0.2, 0.25) is 5.91 Å². The summed E-state index contributed by atoms with van der Waals surface area (Å²) in [5.41, 5.74) is 1.97. The number of nitrogens with one attached hydrogen (secondary N) is 1. The first-order chi connectivity index (χ1) is 20.9. The van der Waals surface area contributed by atoms with Gasteiger partial charge in [0, 0.05) is 9.26 Å². The third kappa shape index (κ3) is 4.01. The molecular formula is C34H24IN3O5. The number of hydrogen-bond acceptors (Lipinski definition) is 6. The van der Waals surface area contributed by atoms with Gasteiger partial charge in [0.15, 0.2) is 0 Å². The van der Waals surface area contributed by atoms with Crippen LogP contribution in [0.2, 0.25) is 0 Å². The van der Waals surface area contributed by atoms with E-state index in [2.05, 4.69) is 34.0 Å². The zero-order chi connectivity index (χ0) is 29.9. The number of carbonyl (C=O) groups excluding carboxylic acids is 2. The topological polar surface area (TPSA) is 120 Å². The highest BCUT2D eigenvalue weighted by molar-refractivity contribution is 14.1. The van der Waals surface area contributed by atoms with Crippen molar-refractivity contribution in [2.24, 2.45) is 5.92 Å². The molecular weight excluding hydrogens is 657 g/mol. The second kappa shape index (κ2) is 10.3. The molecule has 0 unspecified atom stereocenters. The predicted octanol–water partition coefficient (Wildman–Crippen LogP) is 5.52. The molecule has 7 rings (SSSR count). The lowest BCUT2D eigenvalue weighted by molar-refractivity contribution is -0.179. The fraction of sp³-hybridized carbons (Fsp3) is 0.176. The monoisotopic (exact) mass is 681 g/mol. The zero-order valence-corrected chi connectivity index (χ0v) is 24.7. The number of aliphatic carboxylic acids is 1. The predicted molar refractivity (Wildman–Crippen MR) is 165 cm³/mol. The van der Waals surface area contributed by atoms with Gasteiger partial charge in [-0.15, -0.1) is 0 Å². The van der Waals surface area contributed by atoms with Gasteiger partial charge in [-0.2, -0.15) is 5.26 Å². The number of cyclic esters (lactones) is 1. The van der Waals surface area contributed by atoms with Gasteiger partial charge in [0.25, 0.3) is 0 Å². The van der Waals surface area contributed by atoms with E-state index in [1.54, 1.807) is 30.3 Å². The summed E-state index contributed by atoms with van der Waals surface area (Å²) in [6.45, 7) is 0. The summed E-state index contributed by atoms with van der Waals surface area (Å²) in [6.07, 6.45) is -0.780. The van der Waals surface area contributed by atoms with E-state index in [0.717, 1.165) is 14.7 Å². The number of nitriles is 1. The number of fused-ring (bicyclic) bond motifs is 3. The van der Waals surface area contributed by atoms with E-state index in [0.29, 0.717) is 22.4 Å². The number of rotatable bonds is 4. The first kappa shape index (κ1) is 27.3. The van der Waals surface area contributed by atoms with Gasteiger partial charge in [-0.05, 0) is 75.2 Å². The van der Waals surface area contributed by atoms with Crippen molar-refractivity contribution in [1.29, 1.82) is 5.26 Å². The number of morpholine rings is 1. The first-order valence-corrected chi connectivity index (χ1v) is 14.9. The zero-order valence-electron chi connectivity index (χ0n) is 22.6. The van der Waals surface area contributed by atoms with Gasteiger partial charge in [-0.1, -0.05) is 72.8 Å². The van der Waals surface area contributed by atoms with Gasteiger partial charge in [-0.25, -0.2) is 0 Å². The van der Waals surface area contributed by atoms with Crippen molar-refractivity contribution < 1.29 is 24.2 Å². The average molecular weight is 681 g/mol. The van der Waals surface area contributed by atoms with Crippen molar-refractivity contribution in [3.8, 4) is 6.07 Å². The maximum atomic E-state index is 14.4. The van der Waals surface area contributed by atoms with Gasteiger partial charge in [-0.3, -0.25) is 19.3 Å². The quantitative estimate of drug-likeness (QED) is 0.215. The molecule has 3 aliphatic rings. The Balaban J connectivity index is 1.57. The van der Waals surface area contributed by atoms with Crippen LogP contribution in [0, 0.1) is 20.8 Å². The lowest BCUT2D eigenvalue weighted by Gasteiger charge is -2.46. The Hall–Kier alpha value is -4.53. The summed E-state index contributed by atoms with van der Waals surface area (Å²) in [6, 6.07) is 30.5. The number of halogens is 1. The molecule has 0 aromatic heterocycles. The molecule has 3 heterocycles. The Bertz CT molecular complexity index is 1810. The van der Waals surface area contributed by atoms with E-state index in [4.69, 9.17) is 4.74 Å². The van der Waals surface area contributed by atoms with Crippen molar-refractivity contribution in [3.05, 3.63) is 135 Å². The highest BCUT2D eigenvalue weighted by Gasteiger charge is 2.74. The van der Waals surface area contributed by atoms with Crippen LogP contribution in [0.5, 0.6) is 0 Å². The standard InChI is InChI=1S/C34H24IN3O5/c35-23-15-16-25-24(17-23)34(33(42)37-25)26(31(39)40)28-32(41)43-29(21-9-5-2-6-10-21)27(20-7-3-1-4-8-20)38(28)30(34)22-13-11-19(18-36)12-14-22/h1-17,26-30H,(H,37,42)(H,39,40)/t26-,27-,28-,29+,30+,34-/m0/s1. The molecule has 0 aliphatic carbocycles. The van der Waals surface area contributed by atoms with Crippen LogP contribution in [0.4, 0.5) is 5.69 Å². The van der Waals surface area contributed by atoms with Crippen molar-refractivity contribution >= 4 is 46.1 Å². The van der Waals surface area contributed by atoms with Crippen LogP contribution in [-0.4, -0.2) is 33.9 Å². The SMILES string of the molecule is N#Cc1ccc([C@H]2N3[C@H](C(=O)O[C@H](c4ccccc4)[C@@H]3c3ccccc3)[C@@H](C(=O)O)[C@]23C(=O)Nc2ccc(I)cc23)cc1. The normalized spacial score (nSPS) is 27.6. The number of hydrogen-bond donors (Lipinski definition) is 2. The van der Waals surface area contributed by atoms with E-state index in [-0.39, 0.29) is 0 Å². The summed E-state index contributed by atoms with van der Waals surface area (Å²) in [4.78, 5) is 43.9. The molecule has 2 fully saturated rings. The van der Waals surface area contributed by atoms with E-state index < -0.39 is 53.4 Å². The van der Waals surface area contributed by atoms with Crippen molar-refractivity contribution in [3.63, 3.8) is 0 Å². The second-order valence-electron chi connectivity index (χ2n) is 11.0. The molecule has 3 aliphatic heterocycles. The van der Waals surface area contributed by atoms with Crippen molar-refractivity contribution in [1.82, 2.24) is 4.90 Å². The summed E-state index contributed by atoms with van der Waals surface area (Å²) >= 11 is 2.15. The lowest BCUT2D eigenvalue weighted by atomic mass is 9.65. The Morgan fingerprint density at radius 2 is 1.53 bits per heavy atom. The molecule has 1 spiro atoms. The van der Waals surface area contributed by atoms with Gasteiger partial charge in [0.1, 0.15) is 23.5 Å². The van der Waals surface area contributed by atoms with Gasteiger partial charge >= 0.3 is 11.9 Å². The molecule has 9 heteroatoms. The maximum absolute atomic E-state index is 14.4. The molecule has 212 valence electrons. The van der Waals surface area contributed by atoms with Crippen LogP contribution < -0.4 is 5.32 Å². The molecule has 2 N–H and O–H groups in total. The number of carboxylic acids is 1. The van der Waals surface area contributed by atoms with Crippen molar-refractivity contribution in [2.45, 2.75) is 29.6 Å². The van der Waals surface area contributed by atoms with Crippen LogP contribution >= 0.6 is 22.6 Å². The summed E-state index contributed by atoms with van der Waals surface area (Å²) < 4.78 is 7.01. The number of esters is 1. The van der Waals surface area contributed by atoms with Crippen LogP contribution in [0.15, 0.2) is 103 Å². The number of ether oxygens (including phenoxy) is 1. The van der Waals surface area contributed by atoms with Gasteiger partial charge in [0.05, 0.1) is 23.7 Å². The molecule has 6 atom stereocenters. The molecule has 0 bridgehead atoms. The molecule has 1 amide bonds. The number of nitrogens with zero attached hydrogens (tertiary/aromatic N) is 2. The Kier molecular flexibility index (Phi) is 6.56. The largest absolute Gasteiger partial charge is 0.481 e. The molecule has 2 saturated heterocycles. The number of anilines is 1. The number of carbonyl (C=O) groups is 3. The fourth-order valence-electron chi connectivity index (χ4n) is 7.29. The summed E-state index contributed by atoms with van der Waals surface area (Å²) in [7, 11) is 0. The Morgan fingerprint density at radius 1 is 0.884 bits per heavy atom. The molecule has 43 heavy (non-hydrogen) atoms. The number of benzene rings is 4. The van der Waals surface area contributed by atoms with E-state index in [1.807, 2.05) is 77.7 Å². The number of carboxylic acid groups (broad SMARTS) is 1. The Labute approximate surface area is 261 Å². The van der Waals surface area contributed by atoms with E-state index >= 15 is 0 Å². The van der Waals surface area contributed by atoms with E-state index in [1.165, 1.54) is 0 Å². The number of amides is 1. The maximum Gasteiger partial charge on any atom is 0.325 e. The molecule has 0 radical (unpaired) electrons. The minimum Gasteiger partial charge on any atom is -0.481 e. The summed E-state index contributed by atoms with van der Waals surface area (Å²) in [5.74, 6) is -3.93. The van der Waals surface area contributed by atoms with Crippen LogP contribution in [0.25, 0.3) is 0 Å². The minimum atomic E-state index is -1.68. The molecule has 8 nitrogen and oxygen atoms in total. The molecule has 0 saturated carbocycles. The molecule has 4 aromatic carbocycles. The third-order valence-electron chi connectivity index (χ3n) is 8.89. The minimum absolute atomic E-state index is 0.424. The second-order valence-corrected chi connectivity index (χ2v) is 12.2. The average Bonchev–Trinajstić information content (AvgIpc) is 3.50. The smallest absolute Gasteiger partial charge is 0.325 e. The third-order valence-corrected chi connectivity index (χ3v) is 9.56. The Morgan fingerprint density at radius 3 is 2.16 bits per heavy atom. The van der Waals surface area contributed by atoms with Crippen molar-refractivity contribution in [2.75, 3.05) is 5.32 Å². The highest BCUT2D eigenvalue weighted by Crippen LogP contribution is 2.64. The van der Waals surface area contributed by atoms with E-state index in [9.17, 15) is 24.8 Å². The first-order valence-electron chi connectivity index (χ1n) is 13.8. The van der Waals surface area contributed by atoms with Crippen LogP contribution in [-0.2, 0) is 24.5 Å². The highest BCUT2D eigenvalue weighted by atomic mass is 127. The summed E-state index contributed by atoms with van der Waals surface area (Å²) in [5, 5.41) is 23.4.